The van der Waals surface area contributed by atoms with Crippen LogP contribution in [0, 0.1) is 5.92 Å². The van der Waals surface area contributed by atoms with Gasteiger partial charge in [-0.1, -0.05) is 32.6 Å². The van der Waals surface area contributed by atoms with Gasteiger partial charge in [0.1, 0.15) is 0 Å². The highest BCUT2D eigenvalue weighted by molar-refractivity contribution is 6.20. The Labute approximate surface area is 118 Å². The summed E-state index contributed by atoms with van der Waals surface area (Å²) in [4.78, 5) is 2.76. The van der Waals surface area contributed by atoms with E-state index in [0.29, 0.717) is 5.38 Å². The summed E-state index contributed by atoms with van der Waals surface area (Å²) in [6, 6.07) is 0.858. The minimum atomic E-state index is 0.466. The number of piperidine rings is 1. The molecule has 2 fully saturated rings. The van der Waals surface area contributed by atoms with Crippen LogP contribution in [0.4, 0.5) is 0 Å². The minimum Gasteiger partial charge on any atom is -0.300 e. The monoisotopic (exact) mass is 271 g/mol. The number of likely N-dealkylation sites (tertiary alicyclic amines) is 1. The molecule has 0 radical (unpaired) electrons. The highest BCUT2D eigenvalue weighted by atomic mass is 35.5. The SMILES string of the molecule is CCCCCC1CCN([C@H]2CC[C@H](Cl)CC2)CC1. The average molecular weight is 272 g/mol. The normalized spacial score (nSPS) is 31.7. The summed E-state index contributed by atoms with van der Waals surface area (Å²) in [6.07, 6.45) is 13.8. The molecule has 0 atom stereocenters. The number of rotatable bonds is 5. The molecule has 0 aromatic rings. The Kier molecular flexibility index (Phi) is 6.31. The first-order valence-electron chi connectivity index (χ1n) is 8.17. The summed E-state index contributed by atoms with van der Waals surface area (Å²) in [6.45, 7) is 5.01. The van der Waals surface area contributed by atoms with Gasteiger partial charge in [-0.15, -0.1) is 11.6 Å². The second-order valence-corrected chi connectivity index (χ2v) is 7.00. The van der Waals surface area contributed by atoms with Crippen molar-refractivity contribution < 1.29 is 0 Å². The Morgan fingerprint density at radius 3 is 2.22 bits per heavy atom. The fourth-order valence-electron chi connectivity index (χ4n) is 3.69. The maximum atomic E-state index is 6.20. The molecule has 1 nitrogen and oxygen atoms in total. The Hall–Kier alpha value is 0.250. The third kappa shape index (κ3) is 4.42. The topological polar surface area (TPSA) is 3.24 Å². The van der Waals surface area contributed by atoms with Crippen LogP contribution in [0.15, 0.2) is 0 Å². The molecule has 0 spiro atoms. The van der Waals surface area contributed by atoms with E-state index < -0.39 is 0 Å². The molecule has 0 bridgehead atoms. The molecule has 0 aromatic heterocycles. The van der Waals surface area contributed by atoms with Crippen LogP contribution in [0.3, 0.4) is 0 Å². The van der Waals surface area contributed by atoms with E-state index in [1.54, 1.807) is 0 Å². The average Bonchev–Trinajstić information content (AvgIpc) is 2.41. The fourth-order valence-corrected chi connectivity index (χ4v) is 3.94. The summed E-state index contributed by atoms with van der Waals surface area (Å²) in [5, 5.41) is 0.466. The zero-order valence-corrected chi connectivity index (χ0v) is 12.8. The molecule has 0 aromatic carbocycles. The van der Waals surface area contributed by atoms with Crippen LogP contribution in [0.25, 0.3) is 0 Å². The maximum Gasteiger partial charge on any atom is 0.0337 e. The van der Waals surface area contributed by atoms with Gasteiger partial charge in [0.05, 0.1) is 0 Å². The number of unbranched alkanes of at least 4 members (excludes halogenated alkanes) is 2. The summed E-state index contributed by atoms with van der Waals surface area (Å²) in [7, 11) is 0. The fraction of sp³-hybridized carbons (Fsp3) is 1.00. The molecule has 1 saturated heterocycles. The van der Waals surface area contributed by atoms with Crippen molar-refractivity contribution in [2.45, 2.75) is 82.6 Å². The number of hydrogen-bond acceptors (Lipinski definition) is 1. The Bertz CT molecular complexity index is 215. The van der Waals surface area contributed by atoms with Gasteiger partial charge in [-0.25, -0.2) is 0 Å². The maximum absolute atomic E-state index is 6.20. The second-order valence-electron chi connectivity index (χ2n) is 6.38. The molecule has 1 aliphatic heterocycles. The van der Waals surface area contributed by atoms with Crippen molar-refractivity contribution in [1.82, 2.24) is 4.90 Å². The zero-order chi connectivity index (χ0) is 12.8. The van der Waals surface area contributed by atoms with Gasteiger partial charge in [0.2, 0.25) is 0 Å². The molecule has 18 heavy (non-hydrogen) atoms. The second kappa shape index (κ2) is 7.75. The lowest BCUT2D eigenvalue weighted by Gasteiger charge is -2.40. The molecular formula is C16H30ClN. The quantitative estimate of drug-likeness (QED) is 0.511. The summed E-state index contributed by atoms with van der Waals surface area (Å²) < 4.78 is 0. The molecule has 1 aliphatic carbocycles. The Balaban J connectivity index is 1.63. The highest BCUT2D eigenvalue weighted by Crippen LogP contribution is 2.30. The lowest BCUT2D eigenvalue weighted by atomic mass is 9.88. The van der Waals surface area contributed by atoms with Gasteiger partial charge in [0.25, 0.3) is 0 Å². The Morgan fingerprint density at radius 1 is 0.944 bits per heavy atom. The van der Waals surface area contributed by atoms with E-state index in [1.807, 2.05) is 0 Å². The van der Waals surface area contributed by atoms with E-state index >= 15 is 0 Å². The van der Waals surface area contributed by atoms with E-state index in [-0.39, 0.29) is 0 Å². The number of hydrogen-bond donors (Lipinski definition) is 0. The molecule has 2 aliphatic rings. The highest BCUT2D eigenvalue weighted by Gasteiger charge is 2.27. The first-order chi connectivity index (χ1) is 8.79. The van der Waals surface area contributed by atoms with E-state index in [1.165, 1.54) is 77.3 Å². The van der Waals surface area contributed by atoms with Gasteiger partial charge < -0.3 is 4.90 Å². The molecule has 0 amide bonds. The number of nitrogens with zero attached hydrogens (tertiary/aromatic N) is 1. The predicted octanol–water partition coefficient (Wildman–Crippen LogP) is 4.83. The molecule has 0 unspecified atom stereocenters. The van der Waals surface area contributed by atoms with Gasteiger partial charge in [-0.2, -0.15) is 0 Å². The molecule has 0 N–H and O–H groups in total. The van der Waals surface area contributed by atoms with E-state index in [9.17, 15) is 0 Å². The van der Waals surface area contributed by atoms with Crippen LogP contribution in [-0.2, 0) is 0 Å². The summed E-state index contributed by atoms with van der Waals surface area (Å²) >= 11 is 6.20. The van der Waals surface area contributed by atoms with Crippen LogP contribution in [0.1, 0.15) is 71.1 Å². The first kappa shape index (κ1) is 14.7. The van der Waals surface area contributed by atoms with Crippen LogP contribution in [0.2, 0.25) is 0 Å². The first-order valence-corrected chi connectivity index (χ1v) is 8.61. The number of halogens is 1. The smallest absolute Gasteiger partial charge is 0.0337 e. The van der Waals surface area contributed by atoms with Crippen molar-refractivity contribution >= 4 is 11.6 Å². The van der Waals surface area contributed by atoms with Gasteiger partial charge in [0.15, 0.2) is 0 Å². The standard InChI is InChI=1S/C16H30ClN/c1-2-3-4-5-14-10-12-18(13-11-14)16-8-6-15(17)7-9-16/h14-16H,2-13H2,1H3/t15-,16-. The lowest BCUT2D eigenvalue weighted by Crippen LogP contribution is -2.43. The van der Waals surface area contributed by atoms with Crippen molar-refractivity contribution in [1.29, 1.82) is 0 Å². The zero-order valence-electron chi connectivity index (χ0n) is 12.0. The molecule has 106 valence electrons. The Morgan fingerprint density at radius 2 is 1.61 bits per heavy atom. The lowest BCUT2D eigenvalue weighted by molar-refractivity contribution is 0.104. The molecular weight excluding hydrogens is 242 g/mol. The summed E-state index contributed by atoms with van der Waals surface area (Å²) in [5.41, 5.74) is 0. The van der Waals surface area contributed by atoms with E-state index in [2.05, 4.69) is 11.8 Å². The van der Waals surface area contributed by atoms with Gasteiger partial charge in [-0.05, 0) is 57.5 Å². The van der Waals surface area contributed by atoms with Crippen molar-refractivity contribution in [2.75, 3.05) is 13.1 Å². The predicted molar refractivity (Wildman–Crippen MR) is 80.3 cm³/mol. The molecule has 1 saturated carbocycles. The third-order valence-corrected chi connectivity index (χ3v) is 5.44. The van der Waals surface area contributed by atoms with Gasteiger partial charge in [-0.3, -0.25) is 0 Å². The number of alkyl halides is 1. The summed E-state index contributed by atoms with van der Waals surface area (Å²) in [5.74, 6) is 1.03. The minimum absolute atomic E-state index is 0.466. The van der Waals surface area contributed by atoms with Crippen molar-refractivity contribution in [3.8, 4) is 0 Å². The molecule has 1 heterocycles. The van der Waals surface area contributed by atoms with Crippen LogP contribution < -0.4 is 0 Å². The van der Waals surface area contributed by atoms with Crippen molar-refractivity contribution in [3.05, 3.63) is 0 Å². The molecule has 2 heteroatoms. The third-order valence-electron chi connectivity index (χ3n) is 5.01. The van der Waals surface area contributed by atoms with Crippen LogP contribution >= 0.6 is 11.6 Å². The van der Waals surface area contributed by atoms with Gasteiger partial charge >= 0.3 is 0 Å². The van der Waals surface area contributed by atoms with Crippen molar-refractivity contribution in [2.24, 2.45) is 5.92 Å². The van der Waals surface area contributed by atoms with Gasteiger partial charge in [0, 0.05) is 11.4 Å². The van der Waals surface area contributed by atoms with Crippen LogP contribution in [-0.4, -0.2) is 29.4 Å². The molecule has 2 rings (SSSR count). The van der Waals surface area contributed by atoms with Crippen LogP contribution in [0.5, 0.6) is 0 Å². The van der Waals surface area contributed by atoms with Crippen molar-refractivity contribution in [3.63, 3.8) is 0 Å². The largest absolute Gasteiger partial charge is 0.300 e. The van der Waals surface area contributed by atoms with E-state index in [4.69, 9.17) is 11.6 Å². The van der Waals surface area contributed by atoms with E-state index in [0.717, 1.165) is 12.0 Å².